The highest BCUT2D eigenvalue weighted by molar-refractivity contribution is 5.85. The molecular formula is C11H20ClN3O2. The molecule has 0 bridgehead atoms. The summed E-state index contributed by atoms with van der Waals surface area (Å²) in [6.45, 7) is 4.46. The quantitative estimate of drug-likeness (QED) is 0.762. The Morgan fingerprint density at radius 3 is 2.82 bits per heavy atom. The van der Waals surface area contributed by atoms with Crippen LogP contribution in [-0.4, -0.2) is 47.2 Å². The maximum absolute atomic E-state index is 11.8. The Kier molecular flexibility index (Phi) is 6.46. The van der Waals surface area contributed by atoms with Gasteiger partial charge in [0.1, 0.15) is 6.04 Å². The summed E-state index contributed by atoms with van der Waals surface area (Å²) in [7, 11) is 0. The second-order valence-electron chi connectivity index (χ2n) is 4.77. The molecule has 17 heavy (non-hydrogen) atoms. The third-order valence-corrected chi connectivity index (χ3v) is 2.84. The maximum Gasteiger partial charge on any atom is 0.237 e. The van der Waals surface area contributed by atoms with Crippen LogP contribution in [0, 0.1) is 11.3 Å². The molecule has 1 aliphatic rings. The van der Waals surface area contributed by atoms with Crippen molar-refractivity contribution in [3.63, 3.8) is 0 Å². The van der Waals surface area contributed by atoms with E-state index in [2.05, 4.69) is 11.4 Å². The number of likely N-dealkylation sites (tertiary alicyclic amines) is 1. The first-order valence-electron chi connectivity index (χ1n) is 5.55. The minimum absolute atomic E-state index is 0. The van der Waals surface area contributed by atoms with E-state index in [1.807, 2.05) is 13.8 Å². The molecule has 0 aliphatic carbocycles. The monoisotopic (exact) mass is 261 g/mol. The molecule has 5 nitrogen and oxygen atoms in total. The molecule has 1 saturated heterocycles. The highest BCUT2D eigenvalue weighted by Gasteiger charge is 2.29. The number of carbonyl (C=O) groups excluding carboxylic acids is 1. The smallest absolute Gasteiger partial charge is 0.237 e. The van der Waals surface area contributed by atoms with E-state index >= 15 is 0 Å². The van der Waals surface area contributed by atoms with E-state index < -0.39 is 5.54 Å². The normalized spacial score (nSPS) is 19.6. The predicted octanol–water partition coefficient (Wildman–Crippen LogP) is 0.283. The summed E-state index contributed by atoms with van der Waals surface area (Å²) in [6.07, 6.45) is 1.67. The lowest BCUT2D eigenvalue weighted by atomic mass is 10.1. The Bertz CT molecular complexity index is 302. The number of nitrogens with zero attached hydrogens (tertiary/aromatic N) is 2. The van der Waals surface area contributed by atoms with Crippen LogP contribution in [0.3, 0.4) is 0 Å². The van der Waals surface area contributed by atoms with Crippen LogP contribution in [0.1, 0.15) is 26.7 Å². The van der Waals surface area contributed by atoms with E-state index in [4.69, 9.17) is 10.4 Å². The maximum atomic E-state index is 11.8. The van der Waals surface area contributed by atoms with Gasteiger partial charge in [0.25, 0.3) is 0 Å². The molecule has 0 saturated carbocycles. The number of nitriles is 1. The summed E-state index contributed by atoms with van der Waals surface area (Å²) in [6, 6.07) is 1.86. The van der Waals surface area contributed by atoms with Crippen LogP contribution >= 0.6 is 12.4 Å². The van der Waals surface area contributed by atoms with Crippen molar-refractivity contribution in [1.82, 2.24) is 10.2 Å². The molecule has 1 amide bonds. The molecule has 1 fully saturated rings. The second-order valence-corrected chi connectivity index (χ2v) is 4.77. The molecule has 98 valence electrons. The van der Waals surface area contributed by atoms with Gasteiger partial charge in [-0.05, 0) is 26.7 Å². The molecule has 2 N–H and O–H groups in total. The Balaban J connectivity index is 0.00000256. The lowest BCUT2D eigenvalue weighted by molar-refractivity contribution is -0.130. The van der Waals surface area contributed by atoms with E-state index in [1.165, 1.54) is 0 Å². The minimum atomic E-state index is -0.461. The van der Waals surface area contributed by atoms with Crippen LogP contribution in [0.25, 0.3) is 0 Å². The van der Waals surface area contributed by atoms with Crippen molar-refractivity contribution < 1.29 is 9.90 Å². The van der Waals surface area contributed by atoms with Gasteiger partial charge >= 0.3 is 0 Å². The topological polar surface area (TPSA) is 76.4 Å². The first kappa shape index (κ1) is 16.2. The molecule has 0 spiro atoms. The zero-order chi connectivity index (χ0) is 12.2. The van der Waals surface area contributed by atoms with Gasteiger partial charge < -0.3 is 15.3 Å². The number of carbonyl (C=O) groups is 1. The summed E-state index contributed by atoms with van der Waals surface area (Å²) < 4.78 is 0. The standard InChI is InChI=1S/C11H19N3O2.ClH/c1-11(2,8-15)13-7-10(16)14-5-3-4-9(14)6-12;/h9,13,15H,3-5,7-8H2,1-2H3;1H/t9-;/m0./s1. The first-order valence-corrected chi connectivity index (χ1v) is 5.55. The number of hydrogen-bond donors (Lipinski definition) is 2. The molecule has 0 unspecified atom stereocenters. The molecule has 0 aromatic rings. The van der Waals surface area contributed by atoms with Gasteiger partial charge in [0, 0.05) is 12.1 Å². The third kappa shape index (κ3) is 4.50. The summed E-state index contributed by atoms with van der Waals surface area (Å²) in [4.78, 5) is 13.4. The lowest BCUT2D eigenvalue weighted by Gasteiger charge is -2.26. The van der Waals surface area contributed by atoms with Crippen LogP contribution in [0.2, 0.25) is 0 Å². The summed E-state index contributed by atoms with van der Waals surface area (Å²) in [5.41, 5.74) is -0.461. The van der Waals surface area contributed by atoms with Crippen LogP contribution in [0.15, 0.2) is 0 Å². The predicted molar refractivity (Wildman–Crippen MR) is 66.8 cm³/mol. The number of nitrogens with one attached hydrogen (secondary N) is 1. The summed E-state index contributed by atoms with van der Waals surface area (Å²) in [5.74, 6) is -0.0643. The van der Waals surface area contributed by atoms with E-state index in [9.17, 15) is 4.79 Å². The largest absolute Gasteiger partial charge is 0.394 e. The van der Waals surface area contributed by atoms with E-state index in [0.717, 1.165) is 12.8 Å². The Morgan fingerprint density at radius 1 is 1.65 bits per heavy atom. The Morgan fingerprint density at radius 2 is 2.29 bits per heavy atom. The molecule has 0 radical (unpaired) electrons. The molecule has 1 rings (SSSR count). The van der Waals surface area contributed by atoms with Gasteiger partial charge in [-0.1, -0.05) is 0 Å². The van der Waals surface area contributed by atoms with Crippen molar-refractivity contribution >= 4 is 18.3 Å². The number of aliphatic hydroxyl groups is 1. The van der Waals surface area contributed by atoms with E-state index in [1.54, 1.807) is 4.90 Å². The van der Waals surface area contributed by atoms with Crippen molar-refractivity contribution in [2.24, 2.45) is 0 Å². The number of amides is 1. The summed E-state index contributed by atoms with van der Waals surface area (Å²) >= 11 is 0. The van der Waals surface area contributed by atoms with Crippen molar-refractivity contribution in [2.45, 2.75) is 38.3 Å². The van der Waals surface area contributed by atoms with Gasteiger partial charge in [0.05, 0.1) is 19.2 Å². The average molecular weight is 262 g/mol. The zero-order valence-electron chi connectivity index (χ0n) is 10.3. The molecular weight excluding hydrogens is 242 g/mol. The van der Waals surface area contributed by atoms with Gasteiger partial charge in [-0.3, -0.25) is 4.79 Å². The van der Waals surface area contributed by atoms with Crippen molar-refractivity contribution in [1.29, 1.82) is 5.26 Å². The van der Waals surface area contributed by atoms with Gasteiger partial charge in [-0.25, -0.2) is 0 Å². The van der Waals surface area contributed by atoms with Gasteiger partial charge in [0.15, 0.2) is 0 Å². The lowest BCUT2D eigenvalue weighted by Crippen LogP contribution is -2.49. The molecule has 1 atom stereocenters. The van der Waals surface area contributed by atoms with Gasteiger partial charge in [0.2, 0.25) is 5.91 Å². The summed E-state index contributed by atoms with van der Waals surface area (Å²) in [5, 5.41) is 20.9. The fourth-order valence-corrected chi connectivity index (χ4v) is 1.67. The number of halogens is 1. The van der Waals surface area contributed by atoms with Gasteiger partial charge in [-0.15, -0.1) is 12.4 Å². The third-order valence-electron chi connectivity index (χ3n) is 2.84. The van der Waals surface area contributed by atoms with Crippen molar-refractivity contribution in [3.05, 3.63) is 0 Å². The van der Waals surface area contributed by atoms with Crippen LogP contribution in [0.5, 0.6) is 0 Å². The average Bonchev–Trinajstić information content (AvgIpc) is 2.74. The van der Waals surface area contributed by atoms with E-state index in [-0.39, 0.29) is 37.5 Å². The fraction of sp³-hybridized carbons (Fsp3) is 0.818. The minimum Gasteiger partial charge on any atom is -0.394 e. The second kappa shape index (κ2) is 6.80. The zero-order valence-corrected chi connectivity index (χ0v) is 11.1. The Hall–Kier alpha value is -0.830. The fourth-order valence-electron chi connectivity index (χ4n) is 1.67. The van der Waals surface area contributed by atoms with Crippen molar-refractivity contribution in [3.8, 4) is 6.07 Å². The number of aliphatic hydroxyl groups excluding tert-OH is 1. The highest BCUT2D eigenvalue weighted by Crippen LogP contribution is 2.16. The van der Waals surface area contributed by atoms with Gasteiger partial charge in [-0.2, -0.15) is 5.26 Å². The number of rotatable bonds is 4. The van der Waals surface area contributed by atoms with Crippen molar-refractivity contribution in [2.75, 3.05) is 19.7 Å². The molecule has 0 aromatic carbocycles. The van der Waals surface area contributed by atoms with Crippen LogP contribution < -0.4 is 5.32 Å². The Labute approximate surface area is 108 Å². The van der Waals surface area contributed by atoms with Crippen LogP contribution in [0.4, 0.5) is 0 Å². The molecule has 0 aromatic heterocycles. The molecule has 1 aliphatic heterocycles. The number of hydrogen-bond acceptors (Lipinski definition) is 4. The van der Waals surface area contributed by atoms with E-state index in [0.29, 0.717) is 6.54 Å². The first-order chi connectivity index (χ1) is 7.50. The SMILES string of the molecule is CC(C)(CO)NCC(=O)N1CCC[C@H]1C#N.Cl. The van der Waals surface area contributed by atoms with Crippen LogP contribution in [-0.2, 0) is 4.79 Å². The molecule has 1 heterocycles. The molecule has 6 heteroatoms. The highest BCUT2D eigenvalue weighted by atomic mass is 35.5.